The zero-order chi connectivity index (χ0) is 18.1. The smallest absolute Gasteiger partial charge is 0.253 e. The van der Waals surface area contributed by atoms with Gasteiger partial charge in [0.25, 0.3) is 5.91 Å². The lowest BCUT2D eigenvalue weighted by molar-refractivity contribution is -0.115. The molecule has 4 nitrogen and oxygen atoms in total. The number of carbonyl (C=O) groups excluding carboxylic acids is 2. The summed E-state index contributed by atoms with van der Waals surface area (Å²) in [7, 11) is 0. The van der Waals surface area contributed by atoms with Crippen LogP contribution in [0.25, 0.3) is 0 Å². The van der Waals surface area contributed by atoms with Gasteiger partial charge in [-0.15, -0.1) is 11.8 Å². The van der Waals surface area contributed by atoms with Crippen LogP contribution in [0.1, 0.15) is 37.0 Å². The highest BCUT2D eigenvalue weighted by Gasteiger charge is 2.14. The van der Waals surface area contributed by atoms with Crippen LogP contribution in [0.5, 0.6) is 0 Å². The van der Waals surface area contributed by atoms with Gasteiger partial charge in [0.05, 0.1) is 11.3 Å². The molecule has 2 aromatic rings. The molecule has 2 N–H and O–H groups in total. The first-order chi connectivity index (χ1) is 12.1. The van der Waals surface area contributed by atoms with Crippen molar-refractivity contribution in [2.45, 2.75) is 37.6 Å². The lowest BCUT2D eigenvalue weighted by Gasteiger charge is -2.14. The number of amides is 2. The van der Waals surface area contributed by atoms with Crippen molar-refractivity contribution in [3.63, 3.8) is 0 Å². The Morgan fingerprint density at radius 2 is 1.72 bits per heavy atom. The average molecular weight is 356 g/mol. The van der Waals surface area contributed by atoms with Gasteiger partial charge in [0.15, 0.2) is 0 Å². The van der Waals surface area contributed by atoms with E-state index in [1.165, 1.54) is 0 Å². The normalized spacial score (nSPS) is 11.6. The molecule has 25 heavy (non-hydrogen) atoms. The van der Waals surface area contributed by atoms with Crippen LogP contribution >= 0.6 is 11.8 Å². The van der Waals surface area contributed by atoms with Crippen molar-refractivity contribution >= 4 is 29.3 Å². The fraction of sp³-hybridized carbons (Fsp3) is 0.300. The molecule has 2 amide bonds. The molecule has 0 spiro atoms. The van der Waals surface area contributed by atoms with Gasteiger partial charge in [-0.1, -0.05) is 37.3 Å². The van der Waals surface area contributed by atoms with Crippen LogP contribution in [0.15, 0.2) is 59.5 Å². The summed E-state index contributed by atoms with van der Waals surface area (Å²) in [5.41, 5.74) is 1.05. The van der Waals surface area contributed by atoms with Gasteiger partial charge in [0, 0.05) is 23.1 Å². The summed E-state index contributed by atoms with van der Waals surface area (Å²) in [6, 6.07) is 17.2. The van der Waals surface area contributed by atoms with Crippen molar-refractivity contribution in [1.29, 1.82) is 0 Å². The molecule has 132 valence electrons. The molecule has 0 saturated heterocycles. The molecule has 0 aliphatic rings. The number of carbonyl (C=O) groups is 2. The minimum atomic E-state index is -0.163. The summed E-state index contributed by atoms with van der Waals surface area (Å²) >= 11 is 1.64. The van der Waals surface area contributed by atoms with Crippen LogP contribution in [-0.2, 0) is 4.79 Å². The van der Waals surface area contributed by atoms with E-state index in [-0.39, 0.29) is 17.9 Å². The molecule has 0 unspecified atom stereocenters. The highest BCUT2D eigenvalue weighted by molar-refractivity contribution is 7.99. The first kappa shape index (κ1) is 19.1. The molecule has 0 aromatic heterocycles. The van der Waals surface area contributed by atoms with E-state index < -0.39 is 0 Å². The number of anilines is 1. The second-order valence-corrected chi connectivity index (χ2v) is 6.96. The third kappa shape index (κ3) is 6.27. The second kappa shape index (κ2) is 9.89. The fourth-order valence-electron chi connectivity index (χ4n) is 2.18. The Balaban J connectivity index is 1.91. The minimum absolute atomic E-state index is 0.0905. The molecule has 0 saturated carbocycles. The Bertz CT molecular complexity index is 704. The van der Waals surface area contributed by atoms with E-state index in [1.807, 2.05) is 50.2 Å². The van der Waals surface area contributed by atoms with E-state index >= 15 is 0 Å². The summed E-state index contributed by atoms with van der Waals surface area (Å²) in [6.07, 6.45) is 1.25. The zero-order valence-corrected chi connectivity index (χ0v) is 15.4. The van der Waals surface area contributed by atoms with Crippen LogP contribution in [0.3, 0.4) is 0 Å². The highest BCUT2D eigenvalue weighted by Crippen LogP contribution is 2.19. The molecule has 0 aliphatic carbocycles. The number of benzene rings is 2. The average Bonchev–Trinajstić information content (AvgIpc) is 2.62. The zero-order valence-electron chi connectivity index (χ0n) is 14.6. The Morgan fingerprint density at radius 3 is 2.44 bits per heavy atom. The van der Waals surface area contributed by atoms with Gasteiger partial charge in [0.1, 0.15) is 0 Å². The fourth-order valence-corrected chi connectivity index (χ4v) is 3.06. The van der Waals surface area contributed by atoms with E-state index in [1.54, 1.807) is 30.0 Å². The standard InChI is InChI=1S/C20H24N2O2S/c1-3-15(2)21-20(24)17-11-7-8-12-18(17)22-19(23)13-14-25-16-9-5-4-6-10-16/h4-12,15H,3,13-14H2,1-2H3,(H,21,24)(H,22,23)/t15-/m1/s1. The molecule has 0 heterocycles. The minimum Gasteiger partial charge on any atom is -0.350 e. The Hall–Kier alpha value is -2.27. The summed E-state index contributed by atoms with van der Waals surface area (Å²) < 4.78 is 0. The molecule has 2 aromatic carbocycles. The van der Waals surface area contributed by atoms with Crippen LogP contribution in [0, 0.1) is 0 Å². The maximum atomic E-state index is 12.3. The van der Waals surface area contributed by atoms with E-state index in [9.17, 15) is 9.59 Å². The number of hydrogen-bond donors (Lipinski definition) is 2. The summed E-state index contributed by atoms with van der Waals surface area (Å²) in [5.74, 6) is 0.438. The van der Waals surface area contributed by atoms with Gasteiger partial charge >= 0.3 is 0 Å². The lowest BCUT2D eigenvalue weighted by Crippen LogP contribution is -2.32. The first-order valence-electron chi connectivity index (χ1n) is 8.47. The predicted octanol–water partition coefficient (Wildman–Crippen LogP) is 4.34. The van der Waals surface area contributed by atoms with Crippen molar-refractivity contribution in [3.05, 3.63) is 60.2 Å². The van der Waals surface area contributed by atoms with Crippen molar-refractivity contribution in [1.82, 2.24) is 5.32 Å². The van der Waals surface area contributed by atoms with Crippen LogP contribution in [0.4, 0.5) is 5.69 Å². The van der Waals surface area contributed by atoms with Gasteiger partial charge in [0.2, 0.25) is 5.91 Å². The van der Waals surface area contributed by atoms with Crippen molar-refractivity contribution in [3.8, 4) is 0 Å². The van der Waals surface area contributed by atoms with E-state index in [2.05, 4.69) is 10.6 Å². The van der Waals surface area contributed by atoms with Crippen LogP contribution in [0.2, 0.25) is 0 Å². The molecule has 0 bridgehead atoms. The molecule has 5 heteroatoms. The monoisotopic (exact) mass is 356 g/mol. The number of para-hydroxylation sites is 1. The second-order valence-electron chi connectivity index (χ2n) is 5.79. The summed E-state index contributed by atoms with van der Waals surface area (Å²) in [4.78, 5) is 25.7. The molecule has 2 rings (SSSR count). The highest BCUT2D eigenvalue weighted by atomic mass is 32.2. The topological polar surface area (TPSA) is 58.2 Å². The Kier molecular flexibility index (Phi) is 7.54. The maximum absolute atomic E-state index is 12.3. The number of thioether (sulfide) groups is 1. The Morgan fingerprint density at radius 1 is 1.04 bits per heavy atom. The van der Waals surface area contributed by atoms with Crippen molar-refractivity contribution in [2.24, 2.45) is 0 Å². The van der Waals surface area contributed by atoms with Gasteiger partial charge in [-0.05, 0) is 37.6 Å². The molecule has 1 atom stereocenters. The predicted molar refractivity (Wildman–Crippen MR) is 104 cm³/mol. The molecule has 0 aliphatic heterocycles. The number of rotatable bonds is 8. The van der Waals surface area contributed by atoms with Gasteiger partial charge in [-0.2, -0.15) is 0 Å². The SMILES string of the molecule is CC[C@@H](C)NC(=O)c1ccccc1NC(=O)CCSc1ccccc1. The third-order valence-electron chi connectivity index (χ3n) is 3.78. The van der Waals surface area contributed by atoms with Crippen molar-refractivity contribution < 1.29 is 9.59 Å². The summed E-state index contributed by atoms with van der Waals surface area (Å²) in [5, 5.41) is 5.79. The van der Waals surface area contributed by atoms with Crippen molar-refractivity contribution in [2.75, 3.05) is 11.1 Å². The summed E-state index contributed by atoms with van der Waals surface area (Å²) in [6.45, 7) is 3.98. The first-order valence-corrected chi connectivity index (χ1v) is 9.46. The van der Waals surface area contributed by atoms with Gasteiger partial charge < -0.3 is 10.6 Å². The van der Waals surface area contributed by atoms with Gasteiger partial charge in [-0.3, -0.25) is 9.59 Å². The van der Waals surface area contributed by atoms with Gasteiger partial charge in [-0.25, -0.2) is 0 Å². The number of hydrogen-bond acceptors (Lipinski definition) is 3. The Labute approximate surface area is 153 Å². The van der Waals surface area contributed by atoms with Crippen LogP contribution < -0.4 is 10.6 Å². The van der Waals surface area contributed by atoms with E-state index in [0.717, 1.165) is 11.3 Å². The molecule has 0 fully saturated rings. The maximum Gasteiger partial charge on any atom is 0.253 e. The molecular formula is C20H24N2O2S. The molecule has 0 radical (unpaired) electrons. The quantitative estimate of drug-likeness (QED) is 0.692. The number of nitrogens with one attached hydrogen (secondary N) is 2. The lowest BCUT2D eigenvalue weighted by atomic mass is 10.1. The van der Waals surface area contributed by atoms with Crippen LogP contribution in [-0.4, -0.2) is 23.6 Å². The van der Waals surface area contributed by atoms with E-state index in [0.29, 0.717) is 23.4 Å². The third-order valence-corrected chi connectivity index (χ3v) is 4.79. The molecular weight excluding hydrogens is 332 g/mol. The van der Waals surface area contributed by atoms with E-state index in [4.69, 9.17) is 0 Å². The largest absolute Gasteiger partial charge is 0.350 e.